The van der Waals surface area contributed by atoms with Crippen LogP contribution in [-0.2, 0) is 21.5 Å². The van der Waals surface area contributed by atoms with Crippen LogP contribution in [0.4, 0.5) is 5.69 Å². The molecule has 136 valence electrons. The molecular formula is C16H24N6O3. The number of piperidine rings is 2. The van der Waals surface area contributed by atoms with Crippen molar-refractivity contribution < 1.29 is 14.4 Å². The third-order valence-corrected chi connectivity index (χ3v) is 4.46. The van der Waals surface area contributed by atoms with Gasteiger partial charge in [-0.1, -0.05) is 5.16 Å². The molecule has 2 amide bonds. The zero-order chi connectivity index (χ0) is 17.8. The molecule has 3 rings (SSSR count). The zero-order valence-corrected chi connectivity index (χ0v) is 14.4. The number of nitrogens with two attached hydrogens (primary N) is 1. The lowest BCUT2D eigenvalue weighted by atomic mass is 10.1. The highest BCUT2D eigenvalue weighted by Crippen LogP contribution is 2.22. The molecule has 2 saturated heterocycles. The summed E-state index contributed by atoms with van der Waals surface area (Å²) in [5, 5.41) is 7.99. The number of aromatic nitrogens is 2. The molecule has 9 heteroatoms. The monoisotopic (exact) mass is 348 g/mol. The largest absolute Gasteiger partial charge is 0.383 e. The van der Waals surface area contributed by atoms with Gasteiger partial charge in [-0.3, -0.25) is 14.3 Å². The van der Waals surface area contributed by atoms with Crippen LogP contribution in [0.5, 0.6) is 0 Å². The number of hydrogen-bond acceptors (Lipinski definition) is 5. The van der Waals surface area contributed by atoms with E-state index in [-0.39, 0.29) is 24.2 Å². The molecular weight excluding hydrogens is 324 g/mol. The average Bonchev–Trinajstić information content (AvgIpc) is 3.02. The third-order valence-electron chi connectivity index (χ3n) is 4.46. The molecule has 1 unspecified atom stereocenters. The summed E-state index contributed by atoms with van der Waals surface area (Å²) < 4.78 is 1.65. The molecule has 1 aromatic heterocycles. The third kappa shape index (κ3) is 4.09. The lowest BCUT2D eigenvalue weighted by Crippen LogP contribution is -2.45. The van der Waals surface area contributed by atoms with Crippen molar-refractivity contribution in [1.29, 1.82) is 0 Å². The maximum Gasteiger partial charge on any atom is 0.270 e. The molecule has 2 aliphatic rings. The Hall–Kier alpha value is -2.58. The normalized spacial score (nSPS) is 22.4. The molecule has 9 nitrogen and oxygen atoms in total. The van der Waals surface area contributed by atoms with E-state index in [1.807, 2.05) is 0 Å². The summed E-state index contributed by atoms with van der Waals surface area (Å²) in [5.41, 5.74) is 6.62. The average molecular weight is 348 g/mol. The standard InChI is InChI=1S/C16H24N6O3/c1-20-10-12(9-18-20)22-8-4-5-13(16(22)24)25-19-14(17)11-21-7-3-2-6-15(21)23/h9-10,13H,2-8,11H2,1H3,(H2,17,19). The van der Waals surface area contributed by atoms with Crippen LogP contribution in [0.3, 0.4) is 0 Å². The van der Waals surface area contributed by atoms with Crippen LogP contribution in [0.1, 0.15) is 32.1 Å². The molecule has 0 bridgehead atoms. The van der Waals surface area contributed by atoms with Gasteiger partial charge in [0.25, 0.3) is 5.91 Å². The van der Waals surface area contributed by atoms with Crippen molar-refractivity contribution in [2.75, 3.05) is 24.5 Å². The topological polar surface area (TPSA) is 106 Å². The summed E-state index contributed by atoms with van der Waals surface area (Å²) in [5.74, 6) is 0.146. The first kappa shape index (κ1) is 17.2. The van der Waals surface area contributed by atoms with Gasteiger partial charge in [0.2, 0.25) is 12.0 Å². The van der Waals surface area contributed by atoms with Crippen LogP contribution in [0.2, 0.25) is 0 Å². The number of rotatable bonds is 5. The first-order valence-electron chi connectivity index (χ1n) is 8.60. The molecule has 1 atom stereocenters. The summed E-state index contributed by atoms with van der Waals surface area (Å²) in [6.45, 7) is 1.56. The van der Waals surface area contributed by atoms with Gasteiger partial charge in [-0.2, -0.15) is 5.10 Å². The number of anilines is 1. The van der Waals surface area contributed by atoms with Gasteiger partial charge in [0, 0.05) is 32.8 Å². The minimum Gasteiger partial charge on any atom is -0.383 e. The van der Waals surface area contributed by atoms with Gasteiger partial charge in [-0.25, -0.2) is 0 Å². The molecule has 1 aromatic rings. The maximum absolute atomic E-state index is 12.6. The van der Waals surface area contributed by atoms with Crippen molar-refractivity contribution in [3.63, 3.8) is 0 Å². The first-order chi connectivity index (χ1) is 12.0. The van der Waals surface area contributed by atoms with Crippen LogP contribution in [0, 0.1) is 0 Å². The number of carbonyl (C=O) groups excluding carboxylic acids is 2. The number of amidine groups is 1. The van der Waals surface area contributed by atoms with Gasteiger partial charge in [0.1, 0.15) is 0 Å². The lowest BCUT2D eigenvalue weighted by Gasteiger charge is -2.30. The van der Waals surface area contributed by atoms with E-state index < -0.39 is 6.10 Å². The van der Waals surface area contributed by atoms with Crippen molar-refractivity contribution in [2.45, 2.75) is 38.2 Å². The van der Waals surface area contributed by atoms with E-state index in [9.17, 15) is 9.59 Å². The summed E-state index contributed by atoms with van der Waals surface area (Å²) in [6, 6.07) is 0. The fourth-order valence-corrected chi connectivity index (χ4v) is 3.13. The molecule has 2 N–H and O–H groups in total. The molecule has 0 spiro atoms. The van der Waals surface area contributed by atoms with Gasteiger partial charge in [-0.05, 0) is 25.7 Å². The minimum atomic E-state index is -0.662. The Balaban J connectivity index is 1.58. The van der Waals surface area contributed by atoms with Gasteiger partial charge < -0.3 is 20.4 Å². The Bertz CT molecular complexity index is 671. The SMILES string of the molecule is Cn1cc(N2CCCC(O/N=C(\N)CN3CCCCC3=O)C2=O)cn1. The molecule has 3 heterocycles. The van der Waals surface area contributed by atoms with E-state index in [0.717, 1.165) is 24.9 Å². The Kier molecular flexibility index (Phi) is 5.20. The summed E-state index contributed by atoms with van der Waals surface area (Å²) in [6.07, 6.45) is 6.63. The molecule has 2 aliphatic heterocycles. The highest BCUT2D eigenvalue weighted by Gasteiger charge is 2.32. The van der Waals surface area contributed by atoms with Crippen molar-refractivity contribution in [3.05, 3.63) is 12.4 Å². The number of carbonyl (C=O) groups is 2. The maximum atomic E-state index is 12.6. The fourth-order valence-electron chi connectivity index (χ4n) is 3.13. The van der Waals surface area contributed by atoms with Gasteiger partial charge in [0.05, 0.1) is 18.4 Å². The second-order valence-electron chi connectivity index (χ2n) is 6.45. The predicted octanol–water partition coefficient (Wildman–Crippen LogP) is 0.217. The quantitative estimate of drug-likeness (QED) is 0.465. The number of likely N-dealkylation sites (tertiary alicyclic amines) is 1. The van der Waals surface area contributed by atoms with Crippen molar-refractivity contribution in [1.82, 2.24) is 14.7 Å². The van der Waals surface area contributed by atoms with E-state index in [1.165, 1.54) is 0 Å². The second-order valence-corrected chi connectivity index (χ2v) is 6.45. The number of oxime groups is 1. The number of aryl methyl sites for hydroxylation is 1. The second kappa shape index (κ2) is 7.54. The van der Waals surface area contributed by atoms with Crippen molar-refractivity contribution in [2.24, 2.45) is 17.9 Å². The van der Waals surface area contributed by atoms with E-state index in [0.29, 0.717) is 25.9 Å². The van der Waals surface area contributed by atoms with E-state index in [2.05, 4.69) is 10.3 Å². The zero-order valence-electron chi connectivity index (χ0n) is 14.4. The first-order valence-corrected chi connectivity index (χ1v) is 8.60. The van der Waals surface area contributed by atoms with Gasteiger partial charge in [0.15, 0.2) is 5.84 Å². The van der Waals surface area contributed by atoms with Crippen LogP contribution in [0.25, 0.3) is 0 Å². The highest BCUT2D eigenvalue weighted by molar-refractivity contribution is 5.97. The molecule has 0 aromatic carbocycles. The highest BCUT2D eigenvalue weighted by atomic mass is 16.6. The molecule has 0 saturated carbocycles. The van der Waals surface area contributed by atoms with E-state index in [1.54, 1.807) is 33.9 Å². The Morgan fingerprint density at radius 3 is 2.92 bits per heavy atom. The van der Waals surface area contributed by atoms with E-state index in [4.69, 9.17) is 10.6 Å². The summed E-state index contributed by atoms with van der Waals surface area (Å²) >= 11 is 0. The number of nitrogens with zero attached hydrogens (tertiary/aromatic N) is 5. The van der Waals surface area contributed by atoms with Gasteiger partial charge >= 0.3 is 0 Å². The van der Waals surface area contributed by atoms with E-state index >= 15 is 0 Å². The number of hydrogen-bond donors (Lipinski definition) is 1. The Morgan fingerprint density at radius 2 is 2.20 bits per heavy atom. The van der Waals surface area contributed by atoms with Crippen LogP contribution in [0.15, 0.2) is 17.5 Å². The molecule has 25 heavy (non-hydrogen) atoms. The number of amides is 2. The fraction of sp³-hybridized carbons (Fsp3) is 0.625. The lowest BCUT2D eigenvalue weighted by molar-refractivity contribution is -0.133. The molecule has 0 aliphatic carbocycles. The van der Waals surface area contributed by atoms with Gasteiger partial charge in [-0.15, -0.1) is 0 Å². The minimum absolute atomic E-state index is 0.0842. The van der Waals surface area contributed by atoms with Crippen LogP contribution in [-0.4, -0.2) is 58.1 Å². The molecule has 2 fully saturated rings. The smallest absolute Gasteiger partial charge is 0.270 e. The Morgan fingerprint density at radius 1 is 1.36 bits per heavy atom. The van der Waals surface area contributed by atoms with Crippen LogP contribution >= 0.6 is 0 Å². The predicted molar refractivity (Wildman–Crippen MR) is 91.7 cm³/mol. The molecule has 0 radical (unpaired) electrons. The summed E-state index contributed by atoms with van der Waals surface area (Å²) in [4.78, 5) is 33.1. The van der Waals surface area contributed by atoms with Crippen LogP contribution < -0.4 is 10.6 Å². The van der Waals surface area contributed by atoms with Crippen molar-refractivity contribution >= 4 is 23.3 Å². The Labute approximate surface area is 146 Å². The van der Waals surface area contributed by atoms with Crippen molar-refractivity contribution in [3.8, 4) is 0 Å². The summed E-state index contributed by atoms with van der Waals surface area (Å²) in [7, 11) is 1.80.